The van der Waals surface area contributed by atoms with E-state index in [0.717, 1.165) is 17.2 Å². The maximum atomic E-state index is 13.1. The van der Waals surface area contributed by atoms with Gasteiger partial charge in [-0.05, 0) is 35.9 Å². The van der Waals surface area contributed by atoms with Crippen molar-refractivity contribution in [3.05, 3.63) is 65.2 Å². The molecule has 1 N–H and O–H groups in total. The SMILES string of the molecule is OCC#Cc1ccc(CSc2ccc(F)c(F)c2)cc1. The molecule has 0 unspecified atom stereocenters. The maximum Gasteiger partial charge on any atom is 0.159 e. The van der Waals surface area contributed by atoms with Crippen LogP contribution in [0, 0.1) is 23.5 Å². The minimum Gasteiger partial charge on any atom is -0.384 e. The maximum absolute atomic E-state index is 13.1. The summed E-state index contributed by atoms with van der Waals surface area (Å²) in [6.45, 7) is -0.159. The normalized spacial score (nSPS) is 9.95. The van der Waals surface area contributed by atoms with Crippen LogP contribution in [0.25, 0.3) is 0 Å². The highest BCUT2D eigenvalue weighted by Crippen LogP contribution is 2.24. The number of halogens is 2. The lowest BCUT2D eigenvalue weighted by molar-refractivity contribution is 0.350. The fourth-order valence-corrected chi connectivity index (χ4v) is 2.44. The predicted molar refractivity (Wildman–Crippen MR) is 76.3 cm³/mol. The summed E-state index contributed by atoms with van der Waals surface area (Å²) in [6, 6.07) is 11.5. The number of hydrogen-bond donors (Lipinski definition) is 1. The Balaban J connectivity index is 1.98. The van der Waals surface area contributed by atoms with Gasteiger partial charge in [-0.15, -0.1) is 11.8 Å². The number of benzene rings is 2. The number of aliphatic hydroxyl groups excluding tert-OH is 1. The molecule has 1 nitrogen and oxygen atoms in total. The van der Waals surface area contributed by atoms with Gasteiger partial charge in [-0.25, -0.2) is 8.78 Å². The Kier molecular flexibility index (Phi) is 5.16. The van der Waals surface area contributed by atoms with Gasteiger partial charge in [0.2, 0.25) is 0 Å². The molecule has 0 spiro atoms. The summed E-state index contributed by atoms with van der Waals surface area (Å²) >= 11 is 1.44. The van der Waals surface area contributed by atoms with Crippen molar-refractivity contribution in [1.29, 1.82) is 0 Å². The molecule has 0 aliphatic heterocycles. The molecule has 2 aromatic carbocycles. The highest BCUT2D eigenvalue weighted by molar-refractivity contribution is 7.98. The molecule has 0 saturated heterocycles. The molecule has 0 fully saturated rings. The lowest BCUT2D eigenvalue weighted by atomic mass is 10.1. The molecular weight excluding hydrogens is 278 g/mol. The molecule has 4 heteroatoms. The zero-order valence-corrected chi connectivity index (χ0v) is 11.4. The standard InChI is InChI=1S/C16H12F2OS/c17-15-8-7-14(10-16(15)18)20-11-13-5-3-12(4-6-13)2-1-9-19/h3-8,10,19H,9,11H2. The number of hydrogen-bond acceptors (Lipinski definition) is 2. The van der Waals surface area contributed by atoms with Crippen LogP contribution in [0.3, 0.4) is 0 Å². The van der Waals surface area contributed by atoms with E-state index in [1.165, 1.54) is 17.8 Å². The fourth-order valence-electron chi connectivity index (χ4n) is 1.56. The lowest BCUT2D eigenvalue weighted by Gasteiger charge is -2.03. The Bertz CT molecular complexity index is 642. The van der Waals surface area contributed by atoms with Gasteiger partial charge in [0.1, 0.15) is 6.61 Å². The van der Waals surface area contributed by atoms with Gasteiger partial charge < -0.3 is 5.11 Å². The van der Waals surface area contributed by atoms with Crippen LogP contribution in [0.15, 0.2) is 47.4 Å². The summed E-state index contributed by atoms with van der Waals surface area (Å²) in [5.41, 5.74) is 1.90. The average molecular weight is 290 g/mol. The van der Waals surface area contributed by atoms with Gasteiger partial charge >= 0.3 is 0 Å². The van der Waals surface area contributed by atoms with Crippen molar-refractivity contribution in [1.82, 2.24) is 0 Å². The first kappa shape index (κ1) is 14.6. The molecule has 0 aliphatic rings. The van der Waals surface area contributed by atoms with Gasteiger partial charge in [-0.2, -0.15) is 0 Å². The quantitative estimate of drug-likeness (QED) is 0.688. The van der Waals surface area contributed by atoms with Crippen molar-refractivity contribution in [3.8, 4) is 11.8 Å². The number of rotatable bonds is 3. The molecule has 0 heterocycles. The van der Waals surface area contributed by atoms with Crippen LogP contribution in [0.1, 0.15) is 11.1 Å². The van der Waals surface area contributed by atoms with Crippen molar-refractivity contribution in [2.45, 2.75) is 10.6 Å². The minimum atomic E-state index is -0.832. The van der Waals surface area contributed by atoms with Gasteiger partial charge in [-0.1, -0.05) is 24.0 Å². The monoisotopic (exact) mass is 290 g/mol. The van der Waals surface area contributed by atoms with Crippen molar-refractivity contribution < 1.29 is 13.9 Å². The molecule has 0 atom stereocenters. The van der Waals surface area contributed by atoms with E-state index in [4.69, 9.17) is 5.11 Å². The van der Waals surface area contributed by atoms with Crippen LogP contribution in [-0.4, -0.2) is 11.7 Å². The van der Waals surface area contributed by atoms with E-state index in [1.807, 2.05) is 24.3 Å². The largest absolute Gasteiger partial charge is 0.384 e. The van der Waals surface area contributed by atoms with Gasteiger partial charge in [0.15, 0.2) is 11.6 Å². The van der Waals surface area contributed by atoms with E-state index in [0.29, 0.717) is 10.6 Å². The third-order valence-electron chi connectivity index (χ3n) is 2.56. The first-order valence-corrected chi connectivity index (χ1v) is 6.94. The molecule has 20 heavy (non-hydrogen) atoms. The van der Waals surface area contributed by atoms with E-state index < -0.39 is 11.6 Å². The van der Waals surface area contributed by atoms with E-state index in [1.54, 1.807) is 6.07 Å². The lowest BCUT2D eigenvalue weighted by Crippen LogP contribution is -1.85. The molecule has 2 rings (SSSR count). The summed E-state index contributed by atoms with van der Waals surface area (Å²) in [4.78, 5) is 0.688. The molecule has 0 aromatic heterocycles. The third kappa shape index (κ3) is 4.09. The Morgan fingerprint density at radius 2 is 1.75 bits per heavy atom. The van der Waals surface area contributed by atoms with Crippen LogP contribution in [0.5, 0.6) is 0 Å². The predicted octanol–water partition coefficient (Wildman–Crippen LogP) is 3.60. The van der Waals surface area contributed by atoms with Crippen molar-refractivity contribution in [2.24, 2.45) is 0 Å². The molecular formula is C16H12F2OS. The highest BCUT2D eigenvalue weighted by Gasteiger charge is 2.03. The van der Waals surface area contributed by atoms with E-state index >= 15 is 0 Å². The summed E-state index contributed by atoms with van der Waals surface area (Å²) < 4.78 is 25.8. The molecule has 0 aliphatic carbocycles. The second kappa shape index (κ2) is 7.09. The second-order valence-electron chi connectivity index (χ2n) is 4.02. The smallest absolute Gasteiger partial charge is 0.159 e. The second-order valence-corrected chi connectivity index (χ2v) is 5.07. The molecule has 2 aromatic rings. The first-order chi connectivity index (χ1) is 9.69. The molecule has 102 valence electrons. The van der Waals surface area contributed by atoms with Crippen LogP contribution in [0.4, 0.5) is 8.78 Å². The third-order valence-corrected chi connectivity index (χ3v) is 3.63. The zero-order chi connectivity index (χ0) is 14.4. The van der Waals surface area contributed by atoms with Crippen molar-refractivity contribution in [3.63, 3.8) is 0 Å². The highest BCUT2D eigenvalue weighted by atomic mass is 32.2. The van der Waals surface area contributed by atoms with Crippen LogP contribution >= 0.6 is 11.8 Å². The van der Waals surface area contributed by atoms with Crippen LogP contribution in [0.2, 0.25) is 0 Å². The Morgan fingerprint density at radius 1 is 1.00 bits per heavy atom. The van der Waals surface area contributed by atoms with Gasteiger partial charge in [-0.3, -0.25) is 0 Å². The van der Waals surface area contributed by atoms with E-state index in [9.17, 15) is 8.78 Å². The van der Waals surface area contributed by atoms with Gasteiger partial charge in [0.05, 0.1) is 0 Å². The molecule has 0 saturated carbocycles. The average Bonchev–Trinajstić information content (AvgIpc) is 2.47. The van der Waals surface area contributed by atoms with Crippen LogP contribution in [-0.2, 0) is 5.75 Å². The molecule has 0 amide bonds. The summed E-state index contributed by atoms with van der Waals surface area (Å²) in [7, 11) is 0. The van der Waals surface area contributed by atoms with E-state index in [2.05, 4.69) is 11.8 Å². The Morgan fingerprint density at radius 3 is 2.40 bits per heavy atom. The van der Waals surface area contributed by atoms with Gasteiger partial charge in [0, 0.05) is 16.2 Å². The number of thioether (sulfide) groups is 1. The molecule has 0 bridgehead atoms. The van der Waals surface area contributed by atoms with Crippen LogP contribution < -0.4 is 0 Å². The van der Waals surface area contributed by atoms with Gasteiger partial charge in [0.25, 0.3) is 0 Å². The number of aliphatic hydroxyl groups is 1. The Labute approximate surface area is 120 Å². The van der Waals surface area contributed by atoms with Crippen molar-refractivity contribution >= 4 is 11.8 Å². The minimum absolute atomic E-state index is 0.159. The fraction of sp³-hybridized carbons (Fsp3) is 0.125. The topological polar surface area (TPSA) is 20.2 Å². The summed E-state index contributed by atoms with van der Waals surface area (Å²) in [5.74, 6) is 4.39. The summed E-state index contributed by atoms with van der Waals surface area (Å²) in [6.07, 6.45) is 0. The summed E-state index contributed by atoms with van der Waals surface area (Å²) in [5, 5.41) is 8.60. The zero-order valence-electron chi connectivity index (χ0n) is 10.6. The van der Waals surface area contributed by atoms with E-state index in [-0.39, 0.29) is 6.61 Å². The first-order valence-electron chi connectivity index (χ1n) is 5.95. The van der Waals surface area contributed by atoms with Crippen molar-refractivity contribution in [2.75, 3.05) is 6.61 Å². The molecule has 0 radical (unpaired) electrons. The Hall–Kier alpha value is -1.83.